The van der Waals surface area contributed by atoms with Crippen molar-refractivity contribution in [3.05, 3.63) is 40.6 Å². The van der Waals surface area contributed by atoms with E-state index in [1.807, 2.05) is 0 Å². The minimum Gasteiger partial charge on any atom is -0.497 e. The topological polar surface area (TPSA) is 99.4 Å². The third-order valence-corrected chi connectivity index (χ3v) is 2.43. The van der Waals surface area contributed by atoms with E-state index in [9.17, 15) is 10.1 Å². The van der Waals surface area contributed by atoms with Crippen molar-refractivity contribution in [2.75, 3.05) is 19.5 Å². The molecule has 0 unspecified atom stereocenters. The van der Waals surface area contributed by atoms with E-state index < -0.39 is 4.92 Å². The van der Waals surface area contributed by atoms with Crippen LogP contribution in [0.25, 0.3) is 0 Å². The Bertz CT molecular complexity index is 615. The second-order valence-electron chi connectivity index (χ2n) is 3.67. The maximum absolute atomic E-state index is 10.9. The first-order valence-corrected chi connectivity index (χ1v) is 5.65. The number of ether oxygens (including phenoxy) is 2. The number of nitro groups is 1. The van der Waals surface area contributed by atoms with Crippen LogP contribution in [0.5, 0.6) is 17.4 Å². The van der Waals surface area contributed by atoms with Gasteiger partial charge in [0.1, 0.15) is 17.7 Å². The number of benzene rings is 1. The maximum atomic E-state index is 10.9. The van der Waals surface area contributed by atoms with Gasteiger partial charge in [-0.3, -0.25) is 10.1 Å². The van der Waals surface area contributed by atoms with E-state index in [0.717, 1.165) is 6.20 Å². The summed E-state index contributed by atoms with van der Waals surface area (Å²) < 4.78 is 10.4. The molecule has 0 amide bonds. The summed E-state index contributed by atoms with van der Waals surface area (Å²) in [5.41, 5.74) is -0.306. The molecule has 1 aromatic heterocycles. The molecule has 1 N–H and O–H groups in total. The molecule has 0 aliphatic heterocycles. The number of rotatable bonds is 5. The molecule has 8 heteroatoms. The lowest BCUT2D eigenvalue weighted by Crippen LogP contribution is -2.01. The molecule has 0 spiro atoms. The number of anilines is 1. The Labute approximate surface area is 114 Å². The van der Waals surface area contributed by atoms with Crippen molar-refractivity contribution >= 4 is 11.6 Å². The van der Waals surface area contributed by atoms with Crippen LogP contribution in [0.1, 0.15) is 0 Å². The first-order chi connectivity index (χ1) is 9.63. The Morgan fingerprint density at radius 1 is 1.25 bits per heavy atom. The van der Waals surface area contributed by atoms with Crippen LogP contribution in [0.3, 0.4) is 0 Å². The summed E-state index contributed by atoms with van der Waals surface area (Å²) in [5.74, 6) is 1.18. The standard InChI is InChI=1S/C12H12N4O4/c1-13-12-14-7-10(16(17)18)11(15-12)20-9-5-3-8(19-2)4-6-9/h3-7H,1-2H3,(H,13,14,15). The Hall–Kier alpha value is -2.90. The smallest absolute Gasteiger partial charge is 0.349 e. The number of nitrogens with one attached hydrogen (secondary N) is 1. The van der Waals surface area contributed by atoms with Gasteiger partial charge in [0.2, 0.25) is 5.95 Å². The SMILES string of the molecule is CNc1ncc([N+](=O)[O-])c(Oc2ccc(OC)cc2)n1. The predicted octanol–water partition coefficient (Wildman–Crippen LogP) is 2.23. The molecular weight excluding hydrogens is 264 g/mol. The summed E-state index contributed by atoms with van der Waals surface area (Å²) in [5, 5.41) is 13.6. The van der Waals surface area contributed by atoms with Gasteiger partial charge in [0.05, 0.1) is 12.0 Å². The Kier molecular flexibility index (Phi) is 3.94. The van der Waals surface area contributed by atoms with E-state index in [2.05, 4.69) is 15.3 Å². The van der Waals surface area contributed by atoms with Gasteiger partial charge in [-0.2, -0.15) is 4.98 Å². The van der Waals surface area contributed by atoms with Gasteiger partial charge in [-0.25, -0.2) is 4.98 Å². The molecule has 1 aromatic carbocycles. The van der Waals surface area contributed by atoms with Gasteiger partial charge in [-0.15, -0.1) is 0 Å². The average molecular weight is 276 g/mol. The summed E-state index contributed by atoms with van der Waals surface area (Å²) >= 11 is 0. The summed E-state index contributed by atoms with van der Waals surface area (Å²) in [4.78, 5) is 18.0. The molecule has 0 fully saturated rings. The van der Waals surface area contributed by atoms with Gasteiger partial charge in [0.15, 0.2) is 0 Å². The van der Waals surface area contributed by atoms with Gasteiger partial charge < -0.3 is 14.8 Å². The highest BCUT2D eigenvalue weighted by Gasteiger charge is 2.19. The zero-order valence-electron chi connectivity index (χ0n) is 10.9. The molecule has 0 radical (unpaired) electrons. The van der Waals surface area contributed by atoms with Crippen molar-refractivity contribution in [3.63, 3.8) is 0 Å². The van der Waals surface area contributed by atoms with Crippen molar-refractivity contribution in [2.45, 2.75) is 0 Å². The molecule has 1 heterocycles. The van der Waals surface area contributed by atoms with E-state index in [4.69, 9.17) is 9.47 Å². The molecule has 0 bridgehead atoms. The molecule has 2 rings (SSSR count). The van der Waals surface area contributed by atoms with Gasteiger partial charge in [0.25, 0.3) is 0 Å². The largest absolute Gasteiger partial charge is 0.497 e. The van der Waals surface area contributed by atoms with Crippen LogP contribution in [0.15, 0.2) is 30.5 Å². The Morgan fingerprint density at radius 3 is 2.45 bits per heavy atom. The zero-order chi connectivity index (χ0) is 14.5. The van der Waals surface area contributed by atoms with E-state index in [1.54, 1.807) is 38.4 Å². The number of aromatic nitrogens is 2. The monoisotopic (exact) mass is 276 g/mol. The molecule has 0 aliphatic carbocycles. The lowest BCUT2D eigenvalue weighted by molar-refractivity contribution is -0.386. The third kappa shape index (κ3) is 2.91. The number of nitrogens with zero attached hydrogens (tertiary/aromatic N) is 3. The van der Waals surface area contributed by atoms with E-state index >= 15 is 0 Å². The minimum absolute atomic E-state index is 0.125. The van der Waals surface area contributed by atoms with Crippen LogP contribution in [0.4, 0.5) is 11.6 Å². The van der Waals surface area contributed by atoms with Gasteiger partial charge >= 0.3 is 11.6 Å². The Morgan fingerprint density at radius 2 is 1.90 bits per heavy atom. The van der Waals surface area contributed by atoms with E-state index in [-0.39, 0.29) is 17.5 Å². The average Bonchev–Trinajstić information content (AvgIpc) is 2.47. The van der Waals surface area contributed by atoms with E-state index in [1.165, 1.54) is 0 Å². The summed E-state index contributed by atoms with van der Waals surface area (Å²) in [6, 6.07) is 6.62. The normalized spacial score (nSPS) is 9.90. The number of methoxy groups -OCH3 is 1. The summed E-state index contributed by atoms with van der Waals surface area (Å²) in [6.07, 6.45) is 1.09. The lowest BCUT2D eigenvalue weighted by Gasteiger charge is -2.07. The van der Waals surface area contributed by atoms with Crippen molar-refractivity contribution < 1.29 is 14.4 Å². The number of hydrogen-bond donors (Lipinski definition) is 1. The van der Waals surface area contributed by atoms with Crippen LogP contribution < -0.4 is 14.8 Å². The second-order valence-corrected chi connectivity index (χ2v) is 3.67. The number of hydrogen-bond acceptors (Lipinski definition) is 7. The molecule has 20 heavy (non-hydrogen) atoms. The minimum atomic E-state index is -0.599. The lowest BCUT2D eigenvalue weighted by atomic mass is 10.3. The highest BCUT2D eigenvalue weighted by Crippen LogP contribution is 2.30. The highest BCUT2D eigenvalue weighted by atomic mass is 16.6. The van der Waals surface area contributed by atoms with Crippen LogP contribution in [0, 0.1) is 10.1 Å². The first kappa shape index (κ1) is 13.5. The van der Waals surface area contributed by atoms with Gasteiger partial charge in [0, 0.05) is 7.05 Å². The summed E-state index contributed by atoms with van der Waals surface area (Å²) in [6.45, 7) is 0. The molecule has 0 saturated heterocycles. The highest BCUT2D eigenvalue weighted by molar-refractivity contribution is 5.45. The summed E-state index contributed by atoms with van der Waals surface area (Å²) in [7, 11) is 3.16. The maximum Gasteiger partial charge on any atom is 0.349 e. The first-order valence-electron chi connectivity index (χ1n) is 5.65. The Balaban J connectivity index is 2.32. The molecule has 8 nitrogen and oxygen atoms in total. The van der Waals surface area contributed by atoms with Crippen LogP contribution in [-0.2, 0) is 0 Å². The van der Waals surface area contributed by atoms with Crippen LogP contribution in [0.2, 0.25) is 0 Å². The van der Waals surface area contributed by atoms with Crippen molar-refractivity contribution in [1.29, 1.82) is 0 Å². The molecule has 0 atom stereocenters. The van der Waals surface area contributed by atoms with Gasteiger partial charge in [-0.05, 0) is 24.3 Å². The molecule has 0 saturated carbocycles. The molecule has 2 aromatic rings. The molecule has 0 aliphatic rings. The zero-order valence-corrected chi connectivity index (χ0v) is 10.9. The van der Waals surface area contributed by atoms with Crippen molar-refractivity contribution in [3.8, 4) is 17.4 Å². The van der Waals surface area contributed by atoms with Gasteiger partial charge in [-0.1, -0.05) is 0 Å². The third-order valence-electron chi connectivity index (χ3n) is 2.43. The molecule has 104 valence electrons. The van der Waals surface area contributed by atoms with Crippen LogP contribution >= 0.6 is 0 Å². The fourth-order valence-electron chi connectivity index (χ4n) is 1.44. The fraction of sp³-hybridized carbons (Fsp3) is 0.167. The van der Waals surface area contributed by atoms with E-state index in [0.29, 0.717) is 11.5 Å². The fourth-order valence-corrected chi connectivity index (χ4v) is 1.44. The predicted molar refractivity (Wildman–Crippen MR) is 71.3 cm³/mol. The van der Waals surface area contributed by atoms with Crippen molar-refractivity contribution in [1.82, 2.24) is 9.97 Å². The van der Waals surface area contributed by atoms with Crippen LogP contribution in [-0.4, -0.2) is 29.0 Å². The van der Waals surface area contributed by atoms with Crippen molar-refractivity contribution in [2.24, 2.45) is 0 Å². The quantitative estimate of drug-likeness (QED) is 0.660. The second kappa shape index (κ2) is 5.83. The molecular formula is C12H12N4O4.